The second-order valence-corrected chi connectivity index (χ2v) is 5.12. The minimum absolute atomic E-state index is 0.201. The first-order valence-corrected chi connectivity index (χ1v) is 7.92. The standard InChI is InChI=1S/C19H19NO6/c1-3-25-15-10-9-14(11-16(15)24-2)19(23)26-12-17(21)20-18(22)13-7-5-4-6-8-13/h4-11H,3,12H2,1-2H3,(H,20,21,22). The predicted molar refractivity (Wildman–Crippen MR) is 93.4 cm³/mol. The van der Waals surface area contributed by atoms with Gasteiger partial charge < -0.3 is 14.2 Å². The van der Waals surface area contributed by atoms with Crippen molar-refractivity contribution in [1.82, 2.24) is 5.32 Å². The molecule has 2 aromatic rings. The molecule has 7 nitrogen and oxygen atoms in total. The molecule has 0 saturated heterocycles. The Hall–Kier alpha value is -3.35. The summed E-state index contributed by atoms with van der Waals surface area (Å²) in [6.07, 6.45) is 0. The number of carbonyl (C=O) groups is 3. The van der Waals surface area contributed by atoms with Gasteiger partial charge in [-0.15, -0.1) is 0 Å². The fraction of sp³-hybridized carbons (Fsp3) is 0.211. The van der Waals surface area contributed by atoms with Crippen LogP contribution >= 0.6 is 0 Å². The van der Waals surface area contributed by atoms with Crippen LogP contribution in [0.3, 0.4) is 0 Å². The van der Waals surface area contributed by atoms with Crippen LogP contribution < -0.4 is 14.8 Å². The fourth-order valence-electron chi connectivity index (χ4n) is 2.11. The van der Waals surface area contributed by atoms with Crippen LogP contribution in [0.1, 0.15) is 27.6 Å². The summed E-state index contributed by atoms with van der Waals surface area (Å²) in [6, 6.07) is 12.8. The van der Waals surface area contributed by atoms with E-state index in [4.69, 9.17) is 14.2 Å². The molecule has 0 unspecified atom stereocenters. The Morgan fingerprint density at radius 1 is 0.962 bits per heavy atom. The van der Waals surface area contributed by atoms with E-state index in [9.17, 15) is 14.4 Å². The minimum Gasteiger partial charge on any atom is -0.493 e. The molecule has 2 aromatic carbocycles. The Kier molecular flexibility index (Phi) is 6.73. The van der Waals surface area contributed by atoms with E-state index in [-0.39, 0.29) is 5.56 Å². The van der Waals surface area contributed by atoms with Gasteiger partial charge in [0.1, 0.15) is 0 Å². The van der Waals surface area contributed by atoms with Gasteiger partial charge in [0.05, 0.1) is 19.3 Å². The summed E-state index contributed by atoms with van der Waals surface area (Å²) in [6.45, 7) is 1.71. The van der Waals surface area contributed by atoms with Gasteiger partial charge in [-0.1, -0.05) is 18.2 Å². The monoisotopic (exact) mass is 357 g/mol. The molecule has 0 bridgehead atoms. The molecule has 0 aliphatic rings. The summed E-state index contributed by atoms with van der Waals surface area (Å²) in [7, 11) is 1.45. The maximum Gasteiger partial charge on any atom is 0.338 e. The van der Waals surface area contributed by atoms with E-state index >= 15 is 0 Å². The van der Waals surface area contributed by atoms with Crippen LogP contribution in [-0.2, 0) is 9.53 Å². The second kappa shape index (κ2) is 9.22. The highest BCUT2D eigenvalue weighted by Gasteiger charge is 2.15. The molecule has 7 heteroatoms. The summed E-state index contributed by atoms with van der Waals surface area (Å²) >= 11 is 0. The number of benzene rings is 2. The lowest BCUT2D eigenvalue weighted by molar-refractivity contribution is -0.123. The predicted octanol–water partition coefficient (Wildman–Crippen LogP) is 2.21. The van der Waals surface area contributed by atoms with E-state index in [0.29, 0.717) is 23.7 Å². The largest absolute Gasteiger partial charge is 0.493 e. The highest BCUT2D eigenvalue weighted by molar-refractivity contribution is 6.05. The Labute approximate surface area is 150 Å². The van der Waals surface area contributed by atoms with E-state index in [1.807, 2.05) is 6.92 Å². The van der Waals surface area contributed by atoms with Gasteiger partial charge >= 0.3 is 5.97 Å². The summed E-state index contributed by atoms with van der Waals surface area (Å²) in [5.74, 6) is -1.11. The van der Waals surface area contributed by atoms with Crippen molar-refractivity contribution in [2.75, 3.05) is 20.3 Å². The van der Waals surface area contributed by atoms with Gasteiger partial charge in [-0.25, -0.2) is 4.79 Å². The van der Waals surface area contributed by atoms with Crippen molar-refractivity contribution < 1.29 is 28.6 Å². The second-order valence-electron chi connectivity index (χ2n) is 5.12. The number of hydrogen-bond donors (Lipinski definition) is 1. The van der Waals surface area contributed by atoms with Crippen molar-refractivity contribution in [1.29, 1.82) is 0 Å². The minimum atomic E-state index is -0.717. The van der Waals surface area contributed by atoms with E-state index < -0.39 is 24.4 Å². The Morgan fingerprint density at radius 3 is 2.35 bits per heavy atom. The number of carbonyl (C=O) groups excluding carboxylic acids is 3. The maximum atomic E-state index is 12.1. The number of esters is 1. The third-order valence-corrected chi connectivity index (χ3v) is 3.32. The molecule has 0 fully saturated rings. The van der Waals surface area contributed by atoms with Crippen molar-refractivity contribution in [3.8, 4) is 11.5 Å². The molecule has 26 heavy (non-hydrogen) atoms. The van der Waals surface area contributed by atoms with Crippen LogP contribution in [0.25, 0.3) is 0 Å². The number of imide groups is 1. The van der Waals surface area contributed by atoms with E-state index in [2.05, 4.69) is 5.32 Å². The lowest BCUT2D eigenvalue weighted by Crippen LogP contribution is -2.34. The van der Waals surface area contributed by atoms with Crippen molar-refractivity contribution in [3.05, 3.63) is 59.7 Å². The van der Waals surface area contributed by atoms with Gasteiger partial charge in [0.25, 0.3) is 11.8 Å². The molecule has 136 valence electrons. The maximum absolute atomic E-state index is 12.1. The summed E-state index contributed by atoms with van der Waals surface area (Å²) in [4.78, 5) is 35.7. The van der Waals surface area contributed by atoms with Crippen molar-refractivity contribution in [2.24, 2.45) is 0 Å². The van der Waals surface area contributed by atoms with E-state index in [0.717, 1.165) is 0 Å². The van der Waals surface area contributed by atoms with Gasteiger partial charge in [-0.2, -0.15) is 0 Å². The normalized spacial score (nSPS) is 9.92. The van der Waals surface area contributed by atoms with Crippen LogP contribution in [0.15, 0.2) is 48.5 Å². The summed E-state index contributed by atoms with van der Waals surface area (Å²) < 4.78 is 15.5. The topological polar surface area (TPSA) is 90.9 Å². The van der Waals surface area contributed by atoms with E-state index in [1.165, 1.54) is 19.2 Å². The summed E-state index contributed by atoms with van der Waals surface area (Å²) in [5, 5.41) is 2.15. The molecule has 0 saturated carbocycles. The zero-order chi connectivity index (χ0) is 18.9. The smallest absolute Gasteiger partial charge is 0.338 e. The first kappa shape index (κ1) is 19.0. The molecule has 1 N–H and O–H groups in total. The van der Waals surface area contributed by atoms with Crippen molar-refractivity contribution in [3.63, 3.8) is 0 Å². The number of methoxy groups -OCH3 is 1. The SMILES string of the molecule is CCOc1ccc(C(=O)OCC(=O)NC(=O)c2ccccc2)cc1OC. The number of amides is 2. The van der Waals surface area contributed by atoms with Crippen molar-refractivity contribution in [2.45, 2.75) is 6.92 Å². The highest BCUT2D eigenvalue weighted by atomic mass is 16.5. The average molecular weight is 357 g/mol. The molecule has 0 aliphatic heterocycles. The Balaban J connectivity index is 1.91. The first-order chi connectivity index (χ1) is 12.5. The molecule has 0 heterocycles. The lowest BCUT2D eigenvalue weighted by atomic mass is 10.2. The van der Waals surface area contributed by atoms with Crippen LogP contribution in [-0.4, -0.2) is 38.1 Å². The van der Waals surface area contributed by atoms with Crippen LogP contribution in [0.5, 0.6) is 11.5 Å². The zero-order valence-corrected chi connectivity index (χ0v) is 14.5. The van der Waals surface area contributed by atoms with Gasteiger partial charge in [-0.05, 0) is 37.3 Å². The molecule has 0 spiro atoms. The van der Waals surface area contributed by atoms with Crippen LogP contribution in [0.2, 0.25) is 0 Å². The molecule has 0 aliphatic carbocycles. The molecule has 0 radical (unpaired) electrons. The third kappa shape index (κ3) is 5.07. The van der Waals surface area contributed by atoms with E-state index in [1.54, 1.807) is 36.4 Å². The van der Waals surface area contributed by atoms with Gasteiger partial charge in [0, 0.05) is 5.56 Å². The van der Waals surface area contributed by atoms with Gasteiger partial charge in [0.15, 0.2) is 18.1 Å². The molecule has 2 amide bonds. The zero-order valence-electron chi connectivity index (χ0n) is 14.5. The van der Waals surface area contributed by atoms with Crippen LogP contribution in [0.4, 0.5) is 0 Å². The Morgan fingerprint density at radius 2 is 1.69 bits per heavy atom. The Bertz CT molecular complexity index is 788. The summed E-state index contributed by atoms with van der Waals surface area (Å²) in [5.41, 5.74) is 0.538. The molecular weight excluding hydrogens is 338 g/mol. The number of nitrogens with one attached hydrogen (secondary N) is 1. The quantitative estimate of drug-likeness (QED) is 0.764. The lowest BCUT2D eigenvalue weighted by Gasteiger charge is -2.11. The number of hydrogen-bond acceptors (Lipinski definition) is 6. The molecular formula is C19H19NO6. The highest BCUT2D eigenvalue weighted by Crippen LogP contribution is 2.28. The van der Waals surface area contributed by atoms with Crippen molar-refractivity contribution >= 4 is 17.8 Å². The molecule has 0 aromatic heterocycles. The number of rotatable bonds is 7. The third-order valence-electron chi connectivity index (χ3n) is 3.32. The number of ether oxygens (including phenoxy) is 3. The first-order valence-electron chi connectivity index (χ1n) is 7.92. The van der Waals surface area contributed by atoms with Gasteiger partial charge in [-0.3, -0.25) is 14.9 Å². The molecule has 0 atom stereocenters. The van der Waals surface area contributed by atoms with Gasteiger partial charge in [0.2, 0.25) is 0 Å². The molecule has 2 rings (SSSR count). The fourth-order valence-corrected chi connectivity index (χ4v) is 2.11. The van der Waals surface area contributed by atoms with Crippen LogP contribution in [0, 0.1) is 0 Å². The average Bonchev–Trinajstić information content (AvgIpc) is 2.67.